The van der Waals surface area contributed by atoms with Gasteiger partial charge in [0, 0.05) is 37.2 Å². The van der Waals surface area contributed by atoms with Crippen molar-refractivity contribution in [1.82, 2.24) is 0 Å². The van der Waals surface area contributed by atoms with Crippen molar-refractivity contribution in [2.75, 3.05) is 25.5 Å². The molecule has 1 saturated carbocycles. The fourth-order valence-corrected chi connectivity index (χ4v) is 4.10. The van der Waals surface area contributed by atoms with E-state index in [1.54, 1.807) is 7.11 Å². The number of ether oxygens (including phenoxy) is 1. The van der Waals surface area contributed by atoms with Crippen LogP contribution in [-0.2, 0) is 11.2 Å². The van der Waals surface area contributed by atoms with E-state index in [0.717, 1.165) is 23.4 Å². The van der Waals surface area contributed by atoms with Gasteiger partial charge in [0.2, 0.25) is 0 Å². The number of ketones is 1. The van der Waals surface area contributed by atoms with E-state index in [0.29, 0.717) is 43.0 Å². The molecule has 0 saturated heterocycles. The second kappa shape index (κ2) is 9.23. The molecule has 0 aliphatic heterocycles. The maximum absolute atomic E-state index is 13.1. The number of carbonyl (C=O) groups is 1. The number of hydrogen-bond acceptors (Lipinski definition) is 4. The molecule has 0 bridgehead atoms. The quantitative estimate of drug-likeness (QED) is 0.749. The van der Waals surface area contributed by atoms with Gasteiger partial charge in [-0.25, -0.2) is 0 Å². The van der Waals surface area contributed by atoms with E-state index in [9.17, 15) is 4.79 Å². The molecule has 4 nitrogen and oxygen atoms in total. The highest BCUT2D eigenvalue weighted by Gasteiger charge is 2.35. The summed E-state index contributed by atoms with van der Waals surface area (Å²) in [5.41, 5.74) is 7.62. The number of hydrogen-bond donors (Lipinski definition) is 2. The number of nitrogens with two attached hydrogens (primary N) is 1. The van der Waals surface area contributed by atoms with Crippen LogP contribution < -0.4 is 15.8 Å². The minimum absolute atomic E-state index is 0.188. The van der Waals surface area contributed by atoms with Crippen LogP contribution in [0.4, 0.5) is 5.69 Å². The minimum atomic E-state index is 0.188. The molecule has 0 spiro atoms. The second-order valence-electron chi connectivity index (χ2n) is 7.81. The predicted molar refractivity (Wildman–Crippen MR) is 104 cm³/mol. The molecule has 1 aromatic carbocycles. The molecule has 0 amide bonds. The molecule has 1 aromatic rings. The van der Waals surface area contributed by atoms with Gasteiger partial charge in [-0.2, -0.15) is 0 Å². The summed E-state index contributed by atoms with van der Waals surface area (Å²) >= 11 is 0. The van der Waals surface area contributed by atoms with Crippen molar-refractivity contribution < 1.29 is 9.53 Å². The van der Waals surface area contributed by atoms with Crippen molar-refractivity contribution in [2.45, 2.75) is 46.5 Å². The average molecular weight is 347 g/mol. The summed E-state index contributed by atoms with van der Waals surface area (Å²) in [4.78, 5) is 13.1. The normalized spacial score (nSPS) is 23.5. The molecule has 1 fully saturated rings. The molecule has 3 N–H and O–H groups in total. The lowest BCUT2D eigenvalue weighted by Crippen LogP contribution is -2.34. The summed E-state index contributed by atoms with van der Waals surface area (Å²) in [6.07, 6.45) is 3.94. The van der Waals surface area contributed by atoms with Gasteiger partial charge in [-0.15, -0.1) is 0 Å². The summed E-state index contributed by atoms with van der Waals surface area (Å²) in [7, 11) is 1.66. The van der Waals surface area contributed by atoms with E-state index in [2.05, 4.69) is 26.1 Å². The SMILES string of the molecule is COc1ccc(CC(=O)[C@@H]2C[C@H](C)CC[C@H]2C(C)C)c(NCCN)c1. The highest BCUT2D eigenvalue weighted by molar-refractivity contribution is 5.85. The summed E-state index contributed by atoms with van der Waals surface area (Å²) < 4.78 is 5.32. The second-order valence-corrected chi connectivity index (χ2v) is 7.81. The Bertz CT molecular complexity index is 571. The van der Waals surface area contributed by atoms with E-state index in [1.165, 1.54) is 12.8 Å². The average Bonchev–Trinajstić information content (AvgIpc) is 2.60. The largest absolute Gasteiger partial charge is 0.497 e. The van der Waals surface area contributed by atoms with E-state index >= 15 is 0 Å². The maximum atomic E-state index is 13.1. The van der Waals surface area contributed by atoms with Crippen molar-refractivity contribution in [1.29, 1.82) is 0 Å². The molecule has 4 heteroatoms. The predicted octanol–water partition coefficient (Wildman–Crippen LogP) is 3.89. The van der Waals surface area contributed by atoms with E-state index in [-0.39, 0.29) is 5.92 Å². The van der Waals surface area contributed by atoms with Crippen molar-refractivity contribution in [3.63, 3.8) is 0 Å². The number of rotatable bonds is 8. The minimum Gasteiger partial charge on any atom is -0.497 e. The first-order valence-corrected chi connectivity index (χ1v) is 9.59. The van der Waals surface area contributed by atoms with Crippen molar-refractivity contribution in [3.05, 3.63) is 23.8 Å². The number of benzene rings is 1. The summed E-state index contributed by atoms with van der Waals surface area (Å²) in [5, 5.41) is 3.33. The molecule has 140 valence electrons. The van der Waals surface area contributed by atoms with Gasteiger partial charge < -0.3 is 15.8 Å². The number of anilines is 1. The standard InChI is InChI=1S/C21H34N2O2/c1-14(2)18-8-5-15(3)11-19(18)21(24)12-16-6-7-17(25-4)13-20(16)23-10-9-22/h6-7,13-15,18-19,23H,5,8-12,22H2,1-4H3/t15-,18+,19-/m1/s1. The molecular formula is C21H34N2O2. The van der Waals surface area contributed by atoms with Crippen molar-refractivity contribution >= 4 is 11.5 Å². The van der Waals surface area contributed by atoms with Gasteiger partial charge in [-0.05, 0) is 42.2 Å². The van der Waals surface area contributed by atoms with Crippen LogP contribution in [0, 0.1) is 23.7 Å². The Kier molecular flexibility index (Phi) is 7.30. The van der Waals surface area contributed by atoms with Crippen molar-refractivity contribution in [2.24, 2.45) is 29.4 Å². The van der Waals surface area contributed by atoms with Crippen LogP contribution in [0.5, 0.6) is 5.75 Å². The van der Waals surface area contributed by atoms with Crippen LogP contribution in [0.15, 0.2) is 18.2 Å². The first kappa shape index (κ1) is 19.8. The van der Waals surface area contributed by atoms with Crippen LogP contribution in [-0.4, -0.2) is 26.0 Å². The molecule has 0 unspecified atom stereocenters. The Labute approximate surface area is 152 Å². The van der Waals surface area contributed by atoms with Gasteiger partial charge in [0.15, 0.2) is 0 Å². The third-order valence-electron chi connectivity index (χ3n) is 5.58. The molecule has 0 aromatic heterocycles. The number of carbonyl (C=O) groups excluding carboxylic acids is 1. The van der Waals surface area contributed by atoms with E-state index in [1.807, 2.05) is 18.2 Å². The fraction of sp³-hybridized carbons (Fsp3) is 0.667. The number of Topliss-reactive ketones (excluding diaryl/α,β-unsaturated/α-hetero) is 1. The molecule has 3 atom stereocenters. The molecule has 1 aliphatic carbocycles. The Morgan fingerprint density at radius 1 is 1.36 bits per heavy atom. The first-order valence-electron chi connectivity index (χ1n) is 9.59. The van der Waals surface area contributed by atoms with Gasteiger partial charge >= 0.3 is 0 Å². The van der Waals surface area contributed by atoms with Crippen LogP contribution in [0.25, 0.3) is 0 Å². The monoisotopic (exact) mass is 346 g/mol. The molecule has 2 rings (SSSR count). The lowest BCUT2D eigenvalue weighted by molar-refractivity contribution is -0.126. The highest BCUT2D eigenvalue weighted by atomic mass is 16.5. The number of nitrogens with one attached hydrogen (secondary N) is 1. The topological polar surface area (TPSA) is 64.3 Å². The zero-order valence-electron chi connectivity index (χ0n) is 16.2. The van der Waals surface area contributed by atoms with Gasteiger partial charge in [0.1, 0.15) is 11.5 Å². The van der Waals surface area contributed by atoms with Crippen LogP contribution in [0.3, 0.4) is 0 Å². The van der Waals surface area contributed by atoms with Crippen molar-refractivity contribution in [3.8, 4) is 5.75 Å². The lowest BCUT2D eigenvalue weighted by Gasteiger charge is -2.36. The van der Waals surface area contributed by atoms with E-state index < -0.39 is 0 Å². The molecule has 25 heavy (non-hydrogen) atoms. The Morgan fingerprint density at radius 3 is 2.76 bits per heavy atom. The van der Waals surface area contributed by atoms with Gasteiger partial charge in [-0.3, -0.25) is 4.79 Å². The van der Waals surface area contributed by atoms with Crippen LogP contribution in [0.1, 0.15) is 45.6 Å². The van der Waals surface area contributed by atoms with Crippen LogP contribution >= 0.6 is 0 Å². The zero-order chi connectivity index (χ0) is 18.4. The van der Waals surface area contributed by atoms with Gasteiger partial charge in [0.25, 0.3) is 0 Å². The summed E-state index contributed by atoms with van der Waals surface area (Å²) in [6, 6.07) is 5.90. The third-order valence-corrected chi connectivity index (χ3v) is 5.58. The summed E-state index contributed by atoms with van der Waals surface area (Å²) in [5.74, 6) is 3.09. The Balaban J connectivity index is 2.17. The first-order chi connectivity index (χ1) is 12.0. The van der Waals surface area contributed by atoms with Crippen LogP contribution in [0.2, 0.25) is 0 Å². The number of methoxy groups -OCH3 is 1. The fourth-order valence-electron chi connectivity index (χ4n) is 4.10. The lowest BCUT2D eigenvalue weighted by atomic mass is 9.68. The Morgan fingerprint density at radius 2 is 2.12 bits per heavy atom. The third kappa shape index (κ3) is 5.21. The maximum Gasteiger partial charge on any atom is 0.140 e. The summed E-state index contributed by atoms with van der Waals surface area (Å²) in [6.45, 7) is 8.02. The molecular weight excluding hydrogens is 312 g/mol. The zero-order valence-corrected chi connectivity index (χ0v) is 16.2. The Hall–Kier alpha value is -1.55. The highest BCUT2D eigenvalue weighted by Crippen LogP contribution is 2.39. The molecule has 0 heterocycles. The molecule has 0 radical (unpaired) electrons. The van der Waals surface area contributed by atoms with E-state index in [4.69, 9.17) is 10.5 Å². The van der Waals surface area contributed by atoms with Gasteiger partial charge in [0.05, 0.1) is 7.11 Å². The molecule has 1 aliphatic rings. The smallest absolute Gasteiger partial charge is 0.140 e. The van der Waals surface area contributed by atoms with Gasteiger partial charge in [-0.1, -0.05) is 33.3 Å².